The Balaban J connectivity index is 1.27. The van der Waals surface area contributed by atoms with Crippen molar-refractivity contribution in [3.8, 4) is 11.1 Å². The van der Waals surface area contributed by atoms with Crippen molar-refractivity contribution in [2.45, 2.75) is 62.4 Å². The number of aliphatic carboxylic acids is 1. The van der Waals surface area contributed by atoms with Gasteiger partial charge in [0.1, 0.15) is 12.1 Å². The van der Waals surface area contributed by atoms with Crippen LogP contribution in [0.2, 0.25) is 0 Å². The van der Waals surface area contributed by atoms with Crippen molar-refractivity contribution in [2.75, 3.05) is 13.7 Å². The van der Waals surface area contributed by atoms with E-state index in [0.29, 0.717) is 25.7 Å². The molecule has 2 amide bonds. The van der Waals surface area contributed by atoms with Gasteiger partial charge in [0.2, 0.25) is 5.91 Å². The van der Waals surface area contributed by atoms with Crippen LogP contribution >= 0.6 is 0 Å². The van der Waals surface area contributed by atoms with Gasteiger partial charge in [-0.25, -0.2) is 4.79 Å². The van der Waals surface area contributed by atoms with E-state index in [2.05, 4.69) is 29.6 Å². The molecule has 2 aromatic carbocycles. The largest absolute Gasteiger partial charge is 0.481 e. The number of ether oxygens (including phenoxy) is 1. The predicted molar refractivity (Wildman–Crippen MR) is 131 cm³/mol. The molecule has 7 nitrogen and oxygen atoms in total. The zero-order valence-electron chi connectivity index (χ0n) is 20.0. The summed E-state index contributed by atoms with van der Waals surface area (Å²) in [6.45, 7) is 0.197. The van der Waals surface area contributed by atoms with Gasteiger partial charge >= 0.3 is 12.1 Å². The normalized spacial score (nSPS) is 22.3. The van der Waals surface area contributed by atoms with Crippen LogP contribution in [0.5, 0.6) is 0 Å². The first kappa shape index (κ1) is 23.4. The summed E-state index contributed by atoms with van der Waals surface area (Å²) in [5.41, 5.74) is 3.62. The van der Waals surface area contributed by atoms with Crippen molar-refractivity contribution in [3.63, 3.8) is 0 Å². The van der Waals surface area contributed by atoms with Crippen molar-refractivity contribution in [1.82, 2.24) is 10.2 Å². The van der Waals surface area contributed by atoms with Crippen LogP contribution in [-0.4, -0.2) is 53.2 Å². The van der Waals surface area contributed by atoms with E-state index in [1.165, 1.54) is 0 Å². The van der Waals surface area contributed by atoms with Crippen LogP contribution in [0.1, 0.15) is 62.0 Å². The SMILES string of the molecule is CN(C(=O)C1(NC(=O)OCC2c3ccccc3-c3ccccc32)CCCCC1)C1CC(C(=O)O)C1. The molecule has 0 aliphatic heterocycles. The van der Waals surface area contributed by atoms with E-state index in [1.807, 2.05) is 24.3 Å². The average Bonchev–Trinajstić information content (AvgIpc) is 3.15. The highest BCUT2D eigenvalue weighted by molar-refractivity contribution is 5.90. The first-order chi connectivity index (χ1) is 16.9. The molecule has 184 valence electrons. The third-order valence-corrected chi connectivity index (χ3v) is 8.13. The second-order valence-corrected chi connectivity index (χ2v) is 10.2. The lowest BCUT2D eigenvalue weighted by molar-refractivity contribution is -0.152. The monoisotopic (exact) mass is 476 g/mol. The van der Waals surface area contributed by atoms with Gasteiger partial charge in [0.15, 0.2) is 0 Å². The molecule has 3 aliphatic carbocycles. The van der Waals surface area contributed by atoms with Crippen molar-refractivity contribution in [3.05, 3.63) is 59.7 Å². The average molecular weight is 477 g/mol. The number of benzene rings is 2. The Morgan fingerprint density at radius 2 is 1.54 bits per heavy atom. The summed E-state index contributed by atoms with van der Waals surface area (Å²) < 4.78 is 5.75. The molecule has 2 N–H and O–H groups in total. The zero-order chi connectivity index (χ0) is 24.6. The van der Waals surface area contributed by atoms with Gasteiger partial charge in [-0.3, -0.25) is 9.59 Å². The summed E-state index contributed by atoms with van der Waals surface area (Å²) in [7, 11) is 1.72. The van der Waals surface area contributed by atoms with Crippen LogP contribution in [0.25, 0.3) is 11.1 Å². The van der Waals surface area contributed by atoms with Crippen LogP contribution in [0.4, 0.5) is 4.79 Å². The van der Waals surface area contributed by atoms with E-state index in [1.54, 1.807) is 11.9 Å². The topological polar surface area (TPSA) is 95.9 Å². The number of carboxylic acid groups (broad SMARTS) is 1. The lowest BCUT2D eigenvalue weighted by Crippen LogP contribution is -2.63. The first-order valence-corrected chi connectivity index (χ1v) is 12.5. The molecular formula is C28H32N2O5. The van der Waals surface area contributed by atoms with Crippen molar-refractivity contribution >= 4 is 18.0 Å². The Morgan fingerprint density at radius 3 is 2.11 bits per heavy atom. The van der Waals surface area contributed by atoms with Crippen molar-refractivity contribution < 1.29 is 24.2 Å². The molecule has 0 radical (unpaired) electrons. The molecule has 0 aromatic heterocycles. The van der Waals surface area contributed by atoms with Crippen LogP contribution in [0.15, 0.2) is 48.5 Å². The van der Waals surface area contributed by atoms with Gasteiger partial charge in [0, 0.05) is 19.0 Å². The summed E-state index contributed by atoms with van der Waals surface area (Å²) >= 11 is 0. The molecular weight excluding hydrogens is 444 g/mol. The molecule has 2 saturated carbocycles. The minimum atomic E-state index is -0.996. The Kier molecular flexibility index (Phi) is 6.26. The van der Waals surface area contributed by atoms with Gasteiger partial charge in [-0.2, -0.15) is 0 Å². The number of hydrogen-bond acceptors (Lipinski definition) is 4. The quantitative estimate of drug-likeness (QED) is 0.638. The van der Waals surface area contributed by atoms with Crippen molar-refractivity contribution in [2.24, 2.45) is 5.92 Å². The fourth-order valence-electron chi connectivity index (χ4n) is 5.99. The number of fused-ring (bicyclic) bond motifs is 3. The molecule has 0 bridgehead atoms. The number of carbonyl (C=O) groups excluding carboxylic acids is 2. The van der Waals surface area contributed by atoms with Gasteiger partial charge in [-0.05, 0) is 47.9 Å². The third kappa shape index (κ3) is 4.28. The molecule has 7 heteroatoms. The van der Waals surface area contributed by atoms with E-state index in [-0.39, 0.29) is 24.5 Å². The summed E-state index contributed by atoms with van der Waals surface area (Å²) in [6.07, 6.45) is 4.20. The van der Waals surface area contributed by atoms with Gasteiger partial charge < -0.3 is 20.1 Å². The van der Waals surface area contributed by atoms with E-state index < -0.39 is 23.5 Å². The summed E-state index contributed by atoms with van der Waals surface area (Å²) in [5, 5.41) is 12.1. The molecule has 35 heavy (non-hydrogen) atoms. The maximum absolute atomic E-state index is 13.6. The van der Waals surface area contributed by atoms with Crippen LogP contribution in [-0.2, 0) is 14.3 Å². The Labute approximate surface area is 205 Å². The smallest absolute Gasteiger partial charge is 0.408 e. The van der Waals surface area contributed by atoms with Gasteiger partial charge in [-0.1, -0.05) is 67.8 Å². The van der Waals surface area contributed by atoms with Crippen LogP contribution in [0.3, 0.4) is 0 Å². The Bertz CT molecular complexity index is 1090. The lowest BCUT2D eigenvalue weighted by atomic mass is 9.76. The highest BCUT2D eigenvalue weighted by Crippen LogP contribution is 2.44. The highest BCUT2D eigenvalue weighted by atomic mass is 16.5. The molecule has 2 aromatic rings. The second-order valence-electron chi connectivity index (χ2n) is 10.2. The van der Waals surface area contributed by atoms with Gasteiger partial charge in [-0.15, -0.1) is 0 Å². The van der Waals surface area contributed by atoms with E-state index >= 15 is 0 Å². The number of rotatable bonds is 6. The molecule has 0 saturated heterocycles. The number of nitrogens with one attached hydrogen (secondary N) is 1. The molecule has 0 atom stereocenters. The summed E-state index contributed by atoms with van der Waals surface area (Å²) in [6, 6.07) is 16.3. The number of carboxylic acids is 1. The standard InChI is InChI=1S/C28H32N2O5/c1-30(19-15-18(16-19)25(31)32)26(33)28(13-7-2-8-14-28)29-27(34)35-17-24-22-11-5-3-9-20(22)21-10-4-6-12-23(21)24/h3-6,9-12,18-19,24H,2,7-8,13-17H2,1H3,(H,29,34)(H,31,32). The highest BCUT2D eigenvalue weighted by Gasteiger charge is 2.47. The number of alkyl carbamates (subject to hydrolysis) is 1. The van der Waals surface area contributed by atoms with E-state index in [4.69, 9.17) is 4.74 Å². The summed E-state index contributed by atoms with van der Waals surface area (Å²) in [5.74, 6) is -1.39. The summed E-state index contributed by atoms with van der Waals surface area (Å²) in [4.78, 5) is 39.4. The molecule has 0 heterocycles. The maximum Gasteiger partial charge on any atom is 0.408 e. The lowest BCUT2D eigenvalue weighted by Gasteiger charge is -2.45. The molecule has 0 unspecified atom stereocenters. The Hall–Kier alpha value is -3.35. The fraction of sp³-hybridized carbons (Fsp3) is 0.464. The van der Waals surface area contributed by atoms with Gasteiger partial charge in [0.25, 0.3) is 0 Å². The number of amides is 2. The van der Waals surface area contributed by atoms with E-state index in [9.17, 15) is 19.5 Å². The molecule has 2 fully saturated rings. The van der Waals surface area contributed by atoms with Crippen molar-refractivity contribution in [1.29, 1.82) is 0 Å². The zero-order valence-corrected chi connectivity index (χ0v) is 20.0. The van der Waals surface area contributed by atoms with Crippen LogP contribution < -0.4 is 5.32 Å². The number of nitrogens with zero attached hydrogens (tertiary/aromatic N) is 1. The first-order valence-electron chi connectivity index (χ1n) is 12.5. The second kappa shape index (κ2) is 9.36. The number of hydrogen-bond donors (Lipinski definition) is 2. The van der Waals surface area contributed by atoms with E-state index in [0.717, 1.165) is 41.5 Å². The fourth-order valence-corrected chi connectivity index (χ4v) is 5.99. The predicted octanol–water partition coefficient (Wildman–Crippen LogP) is 4.55. The number of carbonyl (C=O) groups is 3. The maximum atomic E-state index is 13.6. The van der Waals surface area contributed by atoms with Gasteiger partial charge in [0.05, 0.1) is 5.92 Å². The minimum Gasteiger partial charge on any atom is -0.481 e. The molecule has 3 aliphatic rings. The number of likely N-dealkylation sites (N-methyl/N-ethyl adjacent to an activating group) is 1. The third-order valence-electron chi connectivity index (χ3n) is 8.13. The molecule has 5 rings (SSSR count). The van der Waals surface area contributed by atoms with Crippen LogP contribution in [0, 0.1) is 5.92 Å². The molecule has 0 spiro atoms. The minimum absolute atomic E-state index is 0.0447. The Morgan fingerprint density at radius 1 is 0.971 bits per heavy atom.